The Hall–Kier alpha value is -5.23. The minimum absolute atomic E-state index is 0.0127. The maximum absolute atomic E-state index is 13.8. The topological polar surface area (TPSA) is 115 Å². The quantitative estimate of drug-likeness (QED) is 0.186. The van der Waals surface area contributed by atoms with Gasteiger partial charge in [0.25, 0.3) is 11.8 Å². The van der Waals surface area contributed by atoms with E-state index in [4.69, 9.17) is 14.3 Å². The first-order valence-corrected chi connectivity index (χ1v) is 15.5. The second-order valence-corrected chi connectivity index (χ2v) is 11.7. The first-order valence-electron chi connectivity index (χ1n) is 14.6. The van der Waals surface area contributed by atoms with Crippen LogP contribution in [0.4, 0.5) is 4.39 Å². The van der Waals surface area contributed by atoms with Crippen LogP contribution in [0.1, 0.15) is 51.1 Å². The predicted molar refractivity (Wildman–Crippen MR) is 172 cm³/mol. The lowest BCUT2D eigenvalue weighted by molar-refractivity contribution is -0.130. The first kappa shape index (κ1) is 30.8. The van der Waals surface area contributed by atoms with Gasteiger partial charge in [-0.2, -0.15) is 5.10 Å². The SMILES string of the molecule is COc1ccc(C2=NN(C(=O)CSc3nnc(CNC(=O)c4ccco4)n3-c3cc(C)ccc3C)C(c3ccc(F)cc3)C2)cc1. The number of nitrogens with zero attached hydrogens (tertiary/aromatic N) is 5. The molecule has 0 spiro atoms. The number of hydrogen-bond acceptors (Lipinski definition) is 8. The van der Waals surface area contributed by atoms with Crippen LogP contribution in [0, 0.1) is 19.7 Å². The summed E-state index contributed by atoms with van der Waals surface area (Å²) >= 11 is 1.23. The number of carbonyl (C=O) groups is 2. The number of aryl methyl sites for hydroxylation is 2. The molecule has 1 aliphatic heterocycles. The highest BCUT2D eigenvalue weighted by molar-refractivity contribution is 7.99. The zero-order valence-electron chi connectivity index (χ0n) is 25.4. The smallest absolute Gasteiger partial charge is 0.287 e. The summed E-state index contributed by atoms with van der Waals surface area (Å²) in [5, 5.41) is 18.3. The van der Waals surface area contributed by atoms with Crippen LogP contribution in [-0.2, 0) is 11.3 Å². The molecule has 10 nitrogen and oxygen atoms in total. The second-order valence-electron chi connectivity index (χ2n) is 10.8. The first-order chi connectivity index (χ1) is 22.3. The van der Waals surface area contributed by atoms with Crippen molar-refractivity contribution in [2.24, 2.45) is 5.10 Å². The number of rotatable bonds is 10. The van der Waals surface area contributed by atoms with Crippen LogP contribution < -0.4 is 10.1 Å². The van der Waals surface area contributed by atoms with E-state index in [9.17, 15) is 14.0 Å². The van der Waals surface area contributed by atoms with E-state index in [-0.39, 0.29) is 35.7 Å². The summed E-state index contributed by atoms with van der Waals surface area (Å²) in [6.07, 6.45) is 1.90. The second kappa shape index (κ2) is 13.4. The molecule has 46 heavy (non-hydrogen) atoms. The summed E-state index contributed by atoms with van der Waals surface area (Å²) in [6.45, 7) is 4.05. The van der Waals surface area contributed by atoms with Crippen molar-refractivity contribution >= 4 is 29.3 Å². The zero-order chi connectivity index (χ0) is 32.2. The molecule has 0 saturated carbocycles. The molecule has 1 aliphatic rings. The van der Waals surface area contributed by atoms with Crippen LogP contribution in [0.5, 0.6) is 5.75 Å². The fraction of sp³-hybridized carbons (Fsp3) is 0.206. The third-order valence-electron chi connectivity index (χ3n) is 7.63. The molecule has 0 bridgehead atoms. The molecule has 234 valence electrons. The Bertz CT molecular complexity index is 1890. The number of furan rings is 1. The molecule has 6 rings (SSSR count). The van der Waals surface area contributed by atoms with Crippen molar-refractivity contribution in [3.63, 3.8) is 0 Å². The lowest BCUT2D eigenvalue weighted by Gasteiger charge is -2.22. The van der Waals surface area contributed by atoms with Gasteiger partial charge in [-0.1, -0.05) is 36.0 Å². The molecule has 0 aliphatic carbocycles. The number of aromatic nitrogens is 3. The van der Waals surface area contributed by atoms with Crippen LogP contribution in [0.2, 0.25) is 0 Å². The third kappa shape index (κ3) is 6.57. The Labute approximate surface area is 269 Å². The number of thioether (sulfide) groups is 1. The molecule has 0 radical (unpaired) electrons. The average Bonchev–Trinajstić information content (AvgIpc) is 3.85. The number of methoxy groups -OCH3 is 1. The molecule has 0 saturated heterocycles. The van der Waals surface area contributed by atoms with Crippen LogP contribution in [-0.4, -0.2) is 50.2 Å². The summed E-state index contributed by atoms with van der Waals surface area (Å²) in [5.41, 5.74) is 5.23. The average molecular weight is 639 g/mol. The molecule has 3 aromatic carbocycles. The summed E-state index contributed by atoms with van der Waals surface area (Å²) in [7, 11) is 1.60. The van der Waals surface area contributed by atoms with Crippen molar-refractivity contribution in [3.8, 4) is 11.4 Å². The Morgan fingerprint density at radius 3 is 2.54 bits per heavy atom. The van der Waals surface area contributed by atoms with E-state index in [1.54, 1.807) is 31.4 Å². The van der Waals surface area contributed by atoms with E-state index in [2.05, 4.69) is 15.5 Å². The largest absolute Gasteiger partial charge is 0.497 e. The van der Waals surface area contributed by atoms with Gasteiger partial charge in [-0.25, -0.2) is 9.40 Å². The minimum atomic E-state index is -0.407. The highest BCUT2D eigenvalue weighted by atomic mass is 32.2. The number of amides is 2. The number of hydrazone groups is 1. The molecule has 2 aromatic heterocycles. The predicted octanol–water partition coefficient (Wildman–Crippen LogP) is 6.02. The normalized spacial score (nSPS) is 14.3. The van der Waals surface area contributed by atoms with E-state index >= 15 is 0 Å². The molecule has 1 N–H and O–H groups in total. The summed E-state index contributed by atoms with van der Waals surface area (Å²) < 4.78 is 26.1. The van der Waals surface area contributed by atoms with Crippen LogP contribution >= 0.6 is 11.8 Å². The molecule has 2 amide bonds. The summed E-state index contributed by atoms with van der Waals surface area (Å²) in [5.74, 6) is 0.437. The van der Waals surface area contributed by atoms with Crippen molar-refractivity contribution in [1.82, 2.24) is 25.1 Å². The maximum Gasteiger partial charge on any atom is 0.287 e. The van der Waals surface area contributed by atoms with Crippen LogP contribution in [0.15, 0.2) is 99.8 Å². The van der Waals surface area contributed by atoms with Gasteiger partial charge >= 0.3 is 0 Å². The van der Waals surface area contributed by atoms with E-state index in [1.807, 2.05) is 60.9 Å². The van der Waals surface area contributed by atoms with Gasteiger partial charge in [-0.05, 0) is 90.7 Å². The van der Waals surface area contributed by atoms with Crippen molar-refractivity contribution in [1.29, 1.82) is 0 Å². The van der Waals surface area contributed by atoms with Gasteiger partial charge in [0.05, 0.1) is 43.1 Å². The zero-order valence-corrected chi connectivity index (χ0v) is 26.3. The third-order valence-corrected chi connectivity index (χ3v) is 8.54. The summed E-state index contributed by atoms with van der Waals surface area (Å²) in [6, 6.07) is 22.5. The number of hydrogen-bond donors (Lipinski definition) is 1. The number of carbonyl (C=O) groups excluding carboxylic acids is 2. The standard InChI is InChI=1S/C34H31FN6O4S/c1-21-6-7-22(2)28(17-21)40-31(19-36-33(43)30-5-4-16-45-30)37-38-34(40)46-20-32(42)41-29(24-8-12-25(35)13-9-24)18-27(39-41)23-10-14-26(44-3)15-11-23/h4-17,29H,18-20H2,1-3H3,(H,36,43). The lowest BCUT2D eigenvalue weighted by atomic mass is 9.98. The van der Waals surface area contributed by atoms with Crippen molar-refractivity contribution < 1.29 is 23.1 Å². The molecule has 1 atom stereocenters. The van der Waals surface area contributed by atoms with E-state index < -0.39 is 6.04 Å². The molecule has 5 aromatic rings. The summed E-state index contributed by atoms with van der Waals surface area (Å²) in [4.78, 5) is 26.4. The number of halogens is 1. The van der Waals surface area contributed by atoms with Gasteiger partial charge in [0.1, 0.15) is 11.6 Å². The Morgan fingerprint density at radius 1 is 1.04 bits per heavy atom. The molecular weight excluding hydrogens is 607 g/mol. The van der Waals surface area contributed by atoms with E-state index in [1.165, 1.54) is 35.2 Å². The lowest BCUT2D eigenvalue weighted by Crippen LogP contribution is -2.28. The molecule has 12 heteroatoms. The van der Waals surface area contributed by atoms with E-state index in [0.29, 0.717) is 17.4 Å². The Balaban J connectivity index is 1.27. The van der Waals surface area contributed by atoms with Gasteiger partial charge in [0.15, 0.2) is 16.7 Å². The fourth-order valence-electron chi connectivity index (χ4n) is 5.20. The van der Waals surface area contributed by atoms with Gasteiger partial charge in [0, 0.05) is 6.42 Å². The van der Waals surface area contributed by atoms with Crippen molar-refractivity contribution in [3.05, 3.63) is 125 Å². The molecule has 3 heterocycles. The number of nitrogens with one attached hydrogen (secondary N) is 1. The maximum atomic E-state index is 13.8. The Morgan fingerprint density at radius 2 is 1.83 bits per heavy atom. The fourth-order valence-corrected chi connectivity index (χ4v) is 6.02. The van der Waals surface area contributed by atoms with Crippen molar-refractivity contribution in [2.45, 2.75) is 38.0 Å². The molecule has 1 unspecified atom stereocenters. The highest BCUT2D eigenvalue weighted by Gasteiger charge is 2.33. The van der Waals surface area contributed by atoms with Gasteiger partial charge in [-0.3, -0.25) is 14.2 Å². The van der Waals surface area contributed by atoms with Crippen molar-refractivity contribution in [2.75, 3.05) is 12.9 Å². The van der Waals surface area contributed by atoms with Gasteiger partial charge < -0.3 is 14.5 Å². The van der Waals surface area contributed by atoms with Gasteiger partial charge in [0.2, 0.25) is 0 Å². The van der Waals surface area contributed by atoms with Gasteiger partial charge in [-0.15, -0.1) is 10.2 Å². The van der Waals surface area contributed by atoms with Crippen LogP contribution in [0.3, 0.4) is 0 Å². The number of ether oxygens (including phenoxy) is 1. The number of benzene rings is 3. The molecule has 0 fully saturated rings. The highest BCUT2D eigenvalue weighted by Crippen LogP contribution is 2.34. The Kier molecular flexibility index (Phi) is 8.97. The monoisotopic (exact) mass is 638 g/mol. The molecular formula is C34H31FN6O4S. The minimum Gasteiger partial charge on any atom is -0.497 e. The van der Waals surface area contributed by atoms with Crippen LogP contribution in [0.25, 0.3) is 5.69 Å². The van der Waals surface area contributed by atoms with E-state index in [0.717, 1.165) is 39.4 Å².